The van der Waals surface area contributed by atoms with Crippen LogP contribution in [0, 0.1) is 0 Å². The molecule has 0 aliphatic rings. The van der Waals surface area contributed by atoms with Gasteiger partial charge in [-0.2, -0.15) is 0 Å². The van der Waals surface area contributed by atoms with Crippen molar-refractivity contribution in [2.75, 3.05) is 18.5 Å². The van der Waals surface area contributed by atoms with Crippen molar-refractivity contribution in [3.63, 3.8) is 0 Å². The predicted molar refractivity (Wildman–Crippen MR) is 52.6 cm³/mol. The van der Waals surface area contributed by atoms with Crippen LogP contribution in [0.4, 0.5) is 0 Å². The lowest BCUT2D eigenvalue weighted by molar-refractivity contribution is 0.154. The van der Waals surface area contributed by atoms with Gasteiger partial charge < -0.3 is 4.74 Å². The van der Waals surface area contributed by atoms with Gasteiger partial charge in [0.2, 0.25) is 0 Å². The summed E-state index contributed by atoms with van der Waals surface area (Å²) in [6.07, 6.45) is 1.05. The first-order valence-corrected chi connectivity index (χ1v) is 5.59. The first kappa shape index (κ1) is 9.23. The van der Waals surface area contributed by atoms with E-state index in [1.54, 1.807) is 11.3 Å². The van der Waals surface area contributed by atoms with Crippen LogP contribution in [0.5, 0.6) is 0 Å². The Hall–Kier alpha value is 0.140. The van der Waals surface area contributed by atoms with Crippen LogP contribution in [-0.4, -0.2) is 18.5 Å². The van der Waals surface area contributed by atoms with Crippen LogP contribution < -0.4 is 0 Å². The molecule has 0 aliphatic heterocycles. The summed E-state index contributed by atoms with van der Waals surface area (Å²) in [6.45, 7) is 1.65. The van der Waals surface area contributed by atoms with Crippen LogP contribution in [0.1, 0.15) is 4.88 Å². The molecular formula is C8H11BrOS. The molecule has 1 heterocycles. The lowest BCUT2D eigenvalue weighted by Crippen LogP contribution is -1.99. The number of ether oxygens (including phenoxy) is 1. The van der Waals surface area contributed by atoms with Crippen molar-refractivity contribution in [2.45, 2.75) is 6.42 Å². The van der Waals surface area contributed by atoms with Crippen molar-refractivity contribution in [2.24, 2.45) is 0 Å². The van der Waals surface area contributed by atoms with E-state index in [4.69, 9.17) is 4.74 Å². The lowest BCUT2D eigenvalue weighted by atomic mass is 10.4. The molecule has 11 heavy (non-hydrogen) atoms. The van der Waals surface area contributed by atoms with E-state index in [1.165, 1.54) is 4.88 Å². The molecule has 0 atom stereocenters. The Labute approximate surface area is 79.5 Å². The first-order valence-electron chi connectivity index (χ1n) is 3.59. The van der Waals surface area contributed by atoms with E-state index in [-0.39, 0.29) is 0 Å². The number of hydrogen-bond donors (Lipinski definition) is 0. The van der Waals surface area contributed by atoms with Crippen molar-refractivity contribution in [3.05, 3.63) is 22.4 Å². The maximum atomic E-state index is 5.32. The highest BCUT2D eigenvalue weighted by Crippen LogP contribution is 2.08. The first-order chi connectivity index (χ1) is 5.43. The SMILES string of the molecule is BrCCOCCc1cccs1. The fraction of sp³-hybridized carbons (Fsp3) is 0.500. The number of rotatable bonds is 5. The Bertz CT molecular complexity index is 174. The normalized spacial score (nSPS) is 10.3. The summed E-state index contributed by atoms with van der Waals surface area (Å²) in [7, 11) is 0. The molecule has 1 aromatic heterocycles. The molecule has 0 saturated carbocycles. The third-order valence-electron chi connectivity index (χ3n) is 1.29. The van der Waals surface area contributed by atoms with Gasteiger partial charge in [0.1, 0.15) is 0 Å². The lowest BCUT2D eigenvalue weighted by Gasteiger charge is -1.98. The molecule has 1 nitrogen and oxygen atoms in total. The van der Waals surface area contributed by atoms with E-state index < -0.39 is 0 Å². The standard InChI is InChI=1S/C8H11BrOS/c9-4-6-10-5-3-8-2-1-7-11-8/h1-2,7H,3-6H2. The molecule has 1 aromatic rings. The fourth-order valence-electron chi connectivity index (χ4n) is 0.784. The number of hydrogen-bond acceptors (Lipinski definition) is 2. The van der Waals surface area contributed by atoms with Crippen molar-refractivity contribution in [1.82, 2.24) is 0 Å². The highest BCUT2D eigenvalue weighted by Gasteiger charge is 1.92. The zero-order valence-corrected chi connectivity index (χ0v) is 8.66. The van der Waals surface area contributed by atoms with Gasteiger partial charge in [0, 0.05) is 16.6 Å². The van der Waals surface area contributed by atoms with E-state index in [1.807, 2.05) is 0 Å². The molecule has 0 unspecified atom stereocenters. The van der Waals surface area contributed by atoms with Crippen LogP contribution in [0.3, 0.4) is 0 Å². The summed E-state index contributed by atoms with van der Waals surface area (Å²) < 4.78 is 5.32. The molecular weight excluding hydrogens is 224 g/mol. The molecule has 0 radical (unpaired) electrons. The Morgan fingerprint density at radius 1 is 1.45 bits per heavy atom. The minimum absolute atomic E-state index is 0.811. The van der Waals surface area contributed by atoms with E-state index in [2.05, 4.69) is 33.4 Å². The molecule has 0 amide bonds. The average molecular weight is 235 g/mol. The van der Waals surface area contributed by atoms with Crippen LogP contribution >= 0.6 is 27.3 Å². The topological polar surface area (TPSA) is 9.23 Å². The van der Waals surface area contributed by atoms with E-state index in [0.29, 0.717) is 0 Å². The van der Waals surface area contributed by atoms with Crippen LogP contribution in [0.15, 0.2) is 17.5 Å². The van der Waals surface area contributed by atoms with Crippen molar-refractivity contribution < 1.29 is 4.74 Å². The quantitative estimate of drug-likeness (QED) is 0.563. The van der Waals surface area contributed by atoms with Crippen LogP contribution in [0.2, 0.25) is 0 Å². The second-order valence-corrected chi connectivity index (χ2v) is 3.96. The highest BCUT2D eigenvalue weighted by molar-refractivity contribution is 9.09. The Morgan fingerprint density at radius 3 is 3.00 bits per heavy atom. The number of halogens is 1. The minimum Gasteiger partial charge on any atom is -0.380 e. The van der Waals surface area contributed by atoms with Gasteiger partial charge in [-0.3, -0.25) is 0 Å². The maximum Gasteiger partial charge on any atom is 0.0563 e. The zero-order valence-electron chi connectivity index (χ0n) is 6.25. The number of alkyl halides is 1. The molecule has 0 N–H and O–H groups in total. The molecule has 0 fully saturated rings. The molecule has 0 spiro atoms. The van der Waals surface area contributed by atoms with Gasteiger partial charge in [-0.1, -0.05) is 22.0 Å². The van der Waals surface area contributed by atoms with Gasteiger partial charge in [-0.15, -0.1) is 11.3 Å². The van der Waals surface area contributed by atoms with Crippen LogP contribution in [-0.2, 0) is 11.2 Å². The van der Waals surface area contributed by atoms with E-state index >= 15 is 0 Å². The summed E-state index contributed by atoms with van der Waals surface area (Å²) >= 11 is 5.10. The fourth-order valence-corrected chi connectivity index (χ4v) is 1.70. The largest absolute Gasteiger partial charge is 0.380 e. The molecule has 0 bridgehead atoms. The van der Waals surface area contributed by atoms with E-state index in [9.17, 15) is 0 Å². The molecule has 0 aromatic carbocycles. The maximum absolute atomic E-state index is 5.32. The van der Waals surface area contributed by atoms with E-state index in [0.717, 1.165) is 25.0 Å². The van der Waals surface area contributed by atoms with Crippen molar-refractivity contribution >= 4 is 27.3 Å². The average Bonchev–Trinajstić information content (AvgIpc) is 2.50. The van der Waals surface area contributed by atoms with Gasteiger partial charge in [-0.25, -0.2) is 0 Å². The monoisotopic (exact) mass is 234 g/mol. The summed E-state index contributed by atoms with van der Waals surface area (Å²) in [6, 6.07) is 4.21. The minimum atomic E-state index is 0.811. The Morgan fingerprint density at radius 2 is 2.36 bits per heavy atom. The van der Waals surface area contributed by atoms with Gasteiger partial charge in [-0.05, 0) is 11.4 Å². The molecule has 62 valence electrons. The predicted octanol–water partition coefficient (Wildman–Crippen LogP) is 2.70. The third-order valence-corrected chi connectivity index (χ3v) is 2.55. The third kappa shape index (κ3) is 3.89. The van der Waals surface area contributed by atoms with Gasteiger partial charge in [0.15, 0.2) is 0 Å². The zero-order chi connectivity index (χ0) is 7.94. The summed E-state index contributed by atoms with van der Waals surface area (Å²) in [5, 5.41) is 3.03. The molecule has 0 aliphatic carbocycles. The molecule has 3 heteroatoms. The second kappa shape index (κ2) is 5.75. The van der Waals surface area contributed by atoms with Crippen molar-refractivity contribution in [1.29, 1.82) is 0 Å². The van der Waals surface area contributed by atoms with Crippen LogP contribution in [0.25, 0.3) is 0 Å². The molecule has 1 rings (SSSR count). The Balaban J connectivity index is 2.04. The summed E-state index contributed by atoms with van der Waals surface area (Å²) in [5.41, 5.74) is 0. The second-order valence-electron chi connectivity index (χ2n) is 2.13. The summed E-state index contributed by atoms with van der Waals surface area (Å²) in [4.78, 5) is 1.40. The van der Waals surface area contributed by atoms with Gasteiger partial charge in [0.25, 0.3) is 0 Å². The van der Waals surface area contributed by atoms with Crippen molar-refractivity contribution in [3.8, 4) is 0 Å². The van der Waals surface area contributed by atoms with Gasteiger partial charge in [0.05, 0.1) is 13.2 Å². The smallest absolute Gasteiger partial charge is 0.0563 e. The number of thiophene rings is 1. The Kier molecular flexibility index (Phi) is 4.82. The molecule has 0 saturated heterocycles. The summed E-state index contributed by atoms with van der Waals surface area (Å²) in [5.74, 6) is 0. The van der Waals surface area contributed by atoms with Gasteiger partial charge >= 0.3 is 0 Å². The highest BCUT2D eigenvalue weighted by atomic mass is 79.9.